The third-order valence-corrected chi connectivity index (χ3v) is 3.71. The number of nitrogens with zero attached hydrogens (tertiary/aromatic N) is 3. The molecule has 1 atom stereocenters. The fourth-order valence-electron chi connectivity index (χ4n) is 2.62. The van der Waals surface area contributed by atoms with Crippen molar-refractivity contribution in [2.45, 2.75) is 38.3 Å². The van der Waals surface area contributed by atoms with Gasteiger partial charge >= 0.3 is 0 Å². The second kappa shape index (κ2) is 6.91. The summed E-state index contributed by atoms with van der Waals surface area (Å²) in [5, 5.41) is 8.12. The minimum Gasteiger partial charge on any atom is -0.493 e. The molecule has 2 heterocycles. The molecule has 1 fully saturated rings. The molecule has 1 saturated heterocycles. The third kappa shape index (κ3) is 3.70. The van der Waals surface area contributed by atoms with Crippen LogP contribution in [0.5, 0.6) is 5.75 Å². The second-order valence-corrected chi connectivity index (χ2v) is 5.48. The largest absolute Gasteiger partial charge is 0.493 e. The molecule has 2 rings (SSSR count). The van der Waals surface area contributed by atoms with Crippen LogP contribution in [0.15, 0.2) is 6.20 Å². The molecule has 108 valence electrons. The van der Waals surface area contributed by atoms with Gasteiger partial charge in [0, 0.05) is 6.54 Å². The summed E-state index contributed by atoms with van der Waals surface area (Å²) in [6.07, 6.45) is 6.88. The van der Waals surface area contributed by atoms with E-state index in [1.807, 2.05) is 6.20 Å². The quantitative estimate of drug-likeness (QED) is 0.880. The molecule has 0 radical (unpaired) electrons. The first-order chi connectivity index (χ1) is 9.22. The van der Waals surface area contributed by atoms with Crippen LogP contribution in [0.4, 0.5) is 0 Å². The molecular formula is C14H26N4O. The lowest BCUT2D eigenvalue weighted by atomic mass is 10.1. The summed E-state index contributed by atoms with van der Waals surface area (Å²) in [6, 6.07) is 0.377. The molecule has 1 aliphatic rings. The number of nitrogens with one attached hydrogen (secondary N) is 1. The van der Waals surface area contributed by atoms with Gasteiger partial charge in [-0.2, -0.15) is 5.10 Å². The average molecular weight is 266 g/mol. The van der Waals surface area contributed by atoms with Crippen molar-refractivity contribution < 1.29 is 4.74 Å². The minimum absolute atomic E-state index is 0.377. The van der Waals surface area contributed by atoms with Crippen LogP contribution in [0.25, 0.3) is 0 Å². The highest BCUT2D eigenvalue weighted by molar-refractivity contribution is 5.28. The van der Waals surface area contributed by atoms with Gasteiger partial charge in [0.25, 0.3) is 0 Å². The number of hydrogen-bond acceptors (Lipinski definition) is 4. The Morgan fingerprint density at radius 1 is 1.42 bits per heavy atom. The summed E-state index contributed by atoms with van der Waals surface area (Å²) in [5.74, 6) is 0.915. The predicted molar refractivity (Wildman–Crippen MR) is 76.5 cm³/mol. The standard InChI is InChI=1S/C14H26N4O/c1-17(2)9-10-18-14(13(19-3)11-16-18)12-7-5-4-6-8-15-12/h11-12,15H,4-10H2,1-3H3. The number of aromatic nitrogens is 2. The Morgan fingerprint density at radius 2 is 2.26 bits per heavy atom. The molecule has 1 unspecified atom stereocenters. The number of rotatable bonds is 5. The maximum atomic E-state index is 5.49. The fourth-order valence-corrected chi connectivity index (χ4v) is 2.62. The van der Waals surface area contributed by atoms with Gasteiger partial charge in [0.1, 0.15) is 0 Å². The van der Waals surface area contributed by atoms with Crippen molar-refractivity contribution in [3.8, 4) is 5.75 Å². The second-order valence-electron chi connectivity index (χ2n) is 5.48. The topological polar surface area (TPSA) is 42.3 Å². The molecule has 19 heavy (non-hydrogen) atoms. The van der Waals surface area contributed by atoms with E-state index in [0.29, 0.717) is 6.04 Å². The normalized spacial score (nSPS) is 20.5. The van der Waals surface area contributed by atoms with Crippen molar-refractivity contribution in [3.05, 3.63) is 11.9 Å². The van der Waals surface area contributed by atoms with Crippen LogP contribution in [-0.4, -0.2) is 49.0 Å². The minimum atomic E-state index is 0.377. The van der Waals surface area contributed by atoms with Crippen LogP contribution in [-0.2, 0) is 6.54 Å². The highest BCUT2D eigenvalue weighted by Gasteiger charge is 2.22. The van der Waals surface area contributed by atoms with Gasteiger partial charge in [-0.25, -0.2) is 0 Å². The van der Waals surface area contributed by atoms with E-state index in [1.165, 1.54) is 31.4 Å². The maximum absolute atomic E-state index is 5.49. The Hall–Kier alpha value is -1.07. The molecule has 1 aromatic heterocycles. The molecule has 0 aromatic carbocycles. The van der Waals surface area contributed by atoms with Crippen LogP contribution < -0.4 is 10.1 Å². The third-order valence-electron chi connectivity index (χ3n) is 3.71. The molecule has 0 bridgehead atoms. The van der Waals surface area contributed by atoms with Crippen LogP contribution in [0.1, 0.15) is 37.4 Å². The van der Waals surface area contributed by atoms with Crippen molar-refractivity contribution in [1.82, 2.24) is 20.0 Å². The first-order valence-corrected chi connectivity index (χ1v) is 7.20. The molecule has 0 spiro atoms. The lowest BCUT2D eigenvalue weighted by Crippen LogP contribution is -2.26. The first-order valence-electron chi connectivity index (χ1n) is 7.20. The first kappa shape index (κ1) is 14.3. The van der Waals surface area contributed by atoms with Crippen LogP contribution in [0.2, 0.25) is 0 Å². The zero-order chi connectivity index (χ0) is 13.7. The van der Waals surface area contributed by atoms with Gasteiger partial charge in [-0.1, -0.05) is 12.8 Å². The molecule has 0 saturated carbocycles. The number of methoxy groups -OCH3 is 1. The molecule has 1 aromatic rings. The van der Waals surface area contributed by atoms with Crippen molar-refractivity contribution in [2.24, 2.45) is 0 Å². The molecular weight excluding hydrogens is 240 g/mol. The Bertz CT molecular complexity index is 381. The number of ether oxygens (including phenoxy) is 1. The Kier molecular flexibility index (Phi) is 5.22. The van der Waals surface area contributed by atoms with E-state index >= 15 is 0 Å². The van der Waals surface area contributed by atoms with Crippen LogP contribution in [0.3, 0.4) is 0 Å². The summed E-state index contributed by atoms with van der Waals surface area (Å²) in [6.45, 7) is 2.99. The average Bonchev–Trinajstić information content (AvgIpc) is 2.61. The van der Waals surface area contributed by atoms with Gasteiger partial charge in [0.2, 0.25) is 0 Å². The van der Waals surface area contributed by atoms with Crippen LogP contribution >= 0.6 is 0 Å². The zero-order valence-corrected chi connectivity index (χ0v) is 12.4. The monoisotopic (exact) mass is 266 g/mol. The number of likely N-dealkylation sites (N-methyl/N-ethyl adjacent to an activating group) is 1. The molecule has 5 heteroatoms. The predicted octanol–water partition coefficient (Wildman–Crippen LogP) is 1.66. The Labute approximate surface area is 115 Å². The van der Waals surface area contributed by atoms with E-state index in [9.17, 15) is 0 Å². The summed E-state index contributed by atoms with van der Waals surface area (Å²) in [7, 11) is 5.90. The van der Waals surface area contributed by atoms with Gasteiger partial charge in [-0.15, -0.1) is 0 Å². The highest BCUT2D eigenvalue weighted by Crippen LogP contribution is 2.30. The van der Waals surface area contributed by atoms with Crippen molar-refractivity contribution in [3.63, 3.8) is 0 Å². The molecule has 0 amide bonds. The van der Waals surface area contributed by atoms with E-state index in [2.05, 4.69) is 34.1 Å². The van der Waals surface area contributed by atoms with E-state index in [0.717, 1.165) is 25.4 Å². The fraction of sp³-hybridized carbons (Fsp3) is 0.786. The van der Waals surface area contributed by atoms with Gasteiger partial charge in [0.15, 0.2) is 5.75 Å². The summed E-state index contributed by atoms with van der Waals surface area (Å²) < 4.78 is 7.59. The lowest BCUT2D eigenvalue weighted by molar-refractivity contribution is 0.353. The molecule has 5 nitrogen and oxygen atoms in total. The lowest BCUT2D eigenvalue weighted by Gasteiger charge is -2.20. The van der Waals surface area contributed by atoms with E-state index < -0.39 is 0 Å². The van der Waals surface area contributed by atoms with Crippen LogP contribution in [0, 0.1) is 0 Å². The van der Waals surface area contributed by atoms with Gasteiger partial charge in [-0.3, -0.25) is 4.68 Å². The Morgan fingerprint density at radius 3 is 3.00 bits per heavy atom. The SMILES string of the molecule is COc1cnn(CCN(C)C)c1C1CCCCCN1. The van der Waals surface area contributed by atoms with E-state index in [1.54, 1.807) is 7.11 Å². The van der Waals surface area contributed by atoms with Crippen molar-refractivity contribution in [1.29, 1.82) is 0 Å². The van der Waals surface area contributed by atoms with E-state index in [4.69, 9.17) is 4.74 Å². The van der Waals surface area contributed by atoms with Gasteiger partial charge in [0.05, 0.1) is 31.6 Å². The zero-order valence-electron chi connectivity index (χ0n) is 12.4. The Balaban J connectivity index is 2.16. The molecule has 1 aliphatic heterocycles. The van der Waals surface area contributed by atoms with E-state index in [-0.39, 0.29) is 0 Å². The van der Waals surface area contributed by atoms with Gasteiger partial charge < -0.3 is 15.0 Å². The summed E-state index contributed by atoms with van der Waals surface area (Å²) in [4.78, 5) is 2.18. The molecule has 0 aliphatic carbocycles. The molecule has 1 N–H and O–H groups in total. The smallest absolute Gasteiger partial charge is 0.161 e. The maximum Gasteiger partial charge on any atom is 0.161 e. The summed E-state index contributed by atoms with van der Waals surface area (Å²) >= 11 is 0. The summed E-state index contributed by atoms with van der Waals surface area (Å²) in [5.41, 5.74) is 1.21. The number of hydrogen-bond donors (Lipinski definition) is 1. The van der Waals surface area contributed by atoms with Crippen molar-refractivity contribution in [2.75, 3.05) is 34.3 Å². The highest BCUT2D eigenvalue weighted by atomic mass is 16.5. The van der Waals surface area contributed by atoms with Gasteiger partial charge in [-0.05, 0) is 33.5 Å². The van der Waals surface area contributed by atoms with Crippen molar-refractivity contribution >= 4 is 0 Å².